The van der Waals surface area contributed by atoms with Gasteiger partial charge in [-0.2, -0.15) is 0 Å². The summed E-state index contributed by atoms with van der Waals surface area (Å²) in [7, 11) is 0. The molecule has 3 nitrogen and oxygen atoms in total. The highest BCUT2D eigenvalue weighted by molar-refractivity contribution is 6.07. The Hall–Kier alpha value is -1.12. The van der Waals surface area contributed by atoms with Gasteiger partial charge in [-0.3, -0.25) is 9.59 Å². The van der Waals surface area contributed by atoms with E-state index in [0.29, 0.717) is 0 Å². The Morgan fingerprint density at radius 3 is 2.20 bits per heavy atom. The average Bonchev–Trinajstić information content (AvgIpc) is 2.13. The number of ketones is 1. The molecule has 1 atom stereocenters. The maximum Gasteiger partial charge on any atom is 0.319 e. The molecule has 1 aliphatic rings. The zero-order chi connectivity index (χ0) is 11.9. The van der Waals surface area contributed by atoms with Crippen molar-refractivity contribution in [1.29, 1.82) is 0 Å². The van der Waals surface area contributed by atoms with E-state index in [1.807, 2.05) is 20.8 Å². The topological polar surface area (TPSA) is 43.4 Å². The van der Waals surface area contributed by atoms with E-state index in [2.05, 4.69) is 0 Å². The van der Waals surface area contributed by atoms with E-state index in [4.69, 9.17) is 4.74 Å². The summed E-state index contributed by atoms with van der Waals surface area (Å²) in [5, 5.41) is 0. The standard InChI is InChI=1S/C12H18O3/c1-6-7-8-11(2,3)9(13)12(4,5)10(14)15-8/h6-8H,1-5H3/b7-6+/t8-/m1/s1. The zero-order valence-electron chi connectivity index (χ0n) is 9.96. The molecule has 0 aliphatic carbocycles. The average molecular weight is 210 g/mol. The molecule has 84 valence electrons. The van der Waals surface area contributed by atoms with Crippen LogP contribution in [0.5, 0.6) is 0 Å². The highest BCUT2D eigenvalue weighted by Crippen LogP contribution is 2.40. The summed E-state index contributed by atoms with van der Waals surface area (Å²) in [6.07, 6.45) is 3.10. The van der Waals surface area contributed by atoms with Gasteiger partial charge in [-0.1, -0.05) is 6.08 Å². The molecule has 0 unspecified atom stereocenters. The van der Waals surface area contributed by atoms with Crippen LogP contribution in [-0.4, -0.2) is 17.9 Å². The predicted octanol–water partition coefficient (Wildman–Crippen LogP) is 2.11. The lowest BCUT2D eigenvalue weighted by Gasteiger charge is -2.41. The minimum atomic E-state index is -1.03. The van der Waals surface area contributed by atoms with Gasteiger partial charge in [0.25, 0.3) is 0 Å². The van der Waals surface area contributed by atoms with Crippen molar-refractivity contribution < 1.29 is 14.3 Å². The van der Waals surface area contributed by atoms with E-state index >= 15 is 0 Å². The molecule has 15 heavy (non-hydrogen) atoms. The largest absolute Gasteiger partial charge is 0.456 e. The first-order valence-corrected chi connectivity index (χ1v) is 5.13. The van der Waals surface area contributed by atoms with Crippen molar-refractivity contribution in [2.24, 2.45) is 10.8 Å². The van der Waals surface area contributed by atoms with E-state index in [1.165, 1.54) is 0 Å². The summed E-state index contributed by atoms with van der Waals surface area (Å²) in [6, 6.07) is 0. The van der Waals surface area contributed by atoms with Crippen LogP contribution in [0.15, 0.2) is 12.2 Å². The van der Waals surface area contributed by atoms with Crippen LogP contribution in [0.25, 0.3) is 0 Å². The molecule has 1 saturated heterocycles. The number of cyclic esters (lactones) is 1. The quantitative estimate of drug-likeness (QED) is 0.378. The van der Waals surface area contributed by atoms with Crippen molar-refractivity contribution in [2.45, 2.75) is 40.7 Å². The van der Waals surface area contributed by atoms with E-state index in [1.54, 1.807) is 26.0 Å². The fourth-order valence-electron chi connectivity index (χ4n) is 1.89. The Morgan fingerprint density at radius 1 is 1.20 bits per heavy atom. The van der Waals surface area contributed by atoms with Crippen LogP contribution >= 0.6 is 0 Å². The van der Waals surface area contributed by atoms with Gasteiger partial charge < -0.3 is 4.74 Å². The lowest BCUT2D eigenvalue weighted by atomic mass is 9.68. The maximum absolute atomic E-state index is 12.1. The smallest absolute Gasteiger partial charge is 0.319 e. The highest BCUT2D eigenvalue weighted by atomic mass is 16.5. The third kappa shape index (κ3) is 1.71. The molecule has 0 aromatic carbocycles. The third-order valence-electron chi connectivity index (χ3n) is 2.98. The van der Waals surface area contributed by atoms with E-state index in [9.17, 15) is 9.59 Å². The van der Waals surface area contributed by atoms with Gasteiger partial charge in [0, 0.05) is 0 Å². The number of carbonyl (C=O) groups excluding carboxylic acids is 2. The number of allylic oxidation sites excluding steroid dienone is 1. The second kappa shape index (κ2) is 3.47. The first-order chi connectivity index (χ1) is 6.74. The van der Waals surface area contributed by atoms with Crippen LogP contribution in [0.4, 0.5) is 0 Å². The lowest BCUT2D eigenvalue weighted by Crippen LogP contribution is -2.55. The maximum atomic E-state index is 12.1. The summed E-state index contributed by atoms with van der Waals surface area (Å²) in [5.41, 5.74) is -1.68. The molecule has 1 heterocycles. The van der Waals surface area contributed by atoms with E-state index in [-0.39, 0.29) is 5.78 Å². The second-order valence-electron chi connectivity index (χ2n) is 5.03. The van der Waals surface area contributed by atoms with Crippen LogP contribution in [0.3, 0.4) is 0 Å². The second-order valence-corrected chi connectivity index (χ2v) is 5.03. The zero-order valence-corrected chi connectivity index (χ0v) is 9.96. The Morgan fingerprint density at radius 2 is 1.73 bits per heavy atom. The van der Waals surface area contributed by atoms with E-state index < -0.39 is 22.9 Å². The molecule has 1 aliphatic heterocycles. The molecule has 0 amide bonds. The summed E-state index contributed by atoms with van der Waals surface area (Å²) in [4.78, 5) is 23.8. The van der Waals surface area contributed by atoms with Crippen LogP contribution in [-0.2, 0) is 14.3 Å². The van der Waals surface area contributed by atoms with Crippen LogP contribution < -0.4 is 0 Å². The monoisotopic (exact) mass is 210 g/mol. The normalized spacial score (nSPS) is 29.3. The summed E-state index contributed by atoms with van der Waals surface area (Å²) >= 11 is 0. The fourth-order valence-corrected chi connectivity index (χ4v) is 1.89. The molecule has 0 N–H and O–H groups in total. The van der Waals surface area contributed by atoms with Crippen LogP contribution in [0.2, 0.25) is 0 Å². The molecule has 0 saturated carbocycles. The highest BCUT2D eigenvalue weighted by Gasteiger charge is 2.54. The van der Waals surface area contributed by atoms with Crippen molar-refractivity contribution >= 4 is 11.8 Å². The van der Waals surface area contributed by atoms with Crippen molar-refractivity contribution in [3.05, 3.63) is 12.2 Å². The predicted molar refractivity (Wildman–Crippen MR) is 57.3 cm³/mol. The Labute approximate surface area is 90.5 Å². The molecule has 0 spiro atoms. The number of rotatable bonds is 1. The summed E-state index contributed by atoms with van der Waals surface area (Å²) in [6.45, 7) is 8.70. The van der Waals surface area contributed by atoms with Gasteiger partial charge in [-0.25, -0.2) is 0 Å². The lowest BCUT2D eigenvalue weighted by molar-refractivity contribution is -0.181. The summed E-state index contributed by atoms with van der Waals surface area (Å²) < 4.78 is 5.28. The van der Waals surface area contributed by atoms with E-state index in [0.717, 1.165) is 0 Å². The van der Waals surface area contributed by atoms with Crippen molar-refractivity contribution in [2.75, 3.05) is 0 Å². The van der Waals surface area contributed by atoms with Gasteiger partial charge in [-0.15, -0.1) is 0 Å². The number of carbonyl (C=O) groups is 2. The van der Waals surface area contributed by atoms with Crippen LogP contribution in [0.1, 0.15) is 34.6 Å². The molecular weight excluding hydrogens is 192 g/mol. The molecule has 0 radical (unpaired) electrons. The number of ether oxygens (including phenoxy) is 1. The molecule has 0 bridgehead atoms. The number of hydrogen-bond donors (Lipinski definition) is 0. The molecule has 1 fully saturated rings. The fraction of sp³-hybridized carbons (Fsp3) is 0.667. The van der Waals surface area contributed by atoms with Gasteiger partial charge in [0.05, 0.1) is 5.41 Å². The summed E-state index contributed by atoms with van der Waals surface area (Å²) in [5.74, 6) is -0.496. The first-order valence-electron chi connectivity index (χ1n) is 5.13. The first kappa shape index (κ1) is 12.0. The molecule has 3 heteroatoms. The number of hydrogen-bond acceptors (Lipinski definition) is 3. The van der Waals surface area contributed by atoms with Crippen molar-refractivity contribution in [3.63, 3.8) is 0 Å². The molecular formula is C12H18O3. The van der Waals surface area contributed by atoms with Gasteiger partial charge in [-0.05, 0) is 40.7 Å². The SMILES string of the molecule is C/C=C/[C@H]1OC(=O)C(C)(C)C(=O)C1(C)C. The van der Waals surface area contributed by atoms with Gasteiger partial charge in [0.15, 0.2) is 5.78 Å². The Kier molecular flexibility index (Phi) is 2.77. The number of esters is 1. The molecule has 1 rings (SSSR count). The van der Waals surface area contributed by atoms with Crippen molar-refractivity contribution in [3.8, 4) is 0 Å². The minimum absolute atomic E-state index is 0.0608. The number of Topliss-reactive ketones (excluding diaryl/α,β-unsaturated/α-hetero) is 1. The minimum Gasteiger partial charge on any atom is -0.456 e. The molecule has 0 aromatic heterocycles. The van der Waals surface area contributed by atoms with Crippen molar-refractivity contribution in [1.82, 2.24) is 0 Å². The van der Waals surface area contributed by atoms with Gasteiger partial charge in [0.2, 0.25) is 0 Å². The Balaban J connectivity index is 3.13. The molecule has 0 aromatic rings. The van der Waals surface area contributed by atoms with Gasteiger partial charge in [0.1, 0.15) is 11.5 Å². The van der Waals surface area contributed by atoms with Gasteiger partial charge >= 0.3 is 5.97 Å². The third-order valence-corrected chi connectivity index (χ3v) is 2.98. The van der Waals surface area contributed by atoms with Crippen LogP contribution in [0, 0.1) is 10.8 Å². The Bertz CT molecular complexity index is 324.